The molecule has 0 aliphatic rings. The molecule has 0 aliphatic heterocycles. The molecule has 0 saturated carbocycles. The van der Waals surface area contributed by atoms with E-state index in [0.717, 1.165) is 0 Å². The Hall–Kier alpha value is -0.610. The summed E-state index contributed by atoms with van der Waals surface area (Å²) in [6, 6.07) is 0.280. The lowest BCUT2D eigenvalue weighted by molar-refractivity contribution is -0.144. The fourth-order valence-corrected chi connectivity index (χ4v) is 1.28. The summed E-state index contributed by atoms with van der Waals surface area (Å²) in [5, 5.41) is 3.31. The quantitative estimate of drug-likeness (QED) is 0.648. The molecule has 15 heavy (non-hydrogen) atoms. The number of esters is 1. The smallest absolute Gasteiger partial charge is 0.309 e. The molecule has 4 nitrogen and oxygen atoms in total. The van der Waals surface area contributed by atoms with Gasteiger partial charge in [0.1, 0.15) is 0 Å². The van der Waals surface area contributed by atoms with Crippen LogP contribution in [0.2, 0.25) is 0 Å². The molecule has 1 N–H and O–H groups in total. The lowest BCUT2D eigenvalue weighted by atomic mass is 10.0. The lowest BCUT2D eigenvalue weighted by Crippen LogP contribution is -2.41. The molecule has 0 spiro atoms. The van der Waals surface area contributed by atoms with Gasteiger partial charge in [0.05, 0.1) is 19.6 Å². The second kappa shape index (κ2) is 7.65. The molecule has 0 fully saturated rings. The maximum Gasteiger partial charge on any atom is 0.309 e. The van der Waals surface area contributed by atoms with E-state index in [1.165, 1.54) is 7.11 Å². The van der Waals surface area contributed by atoms with E-state index in [4.69, 9.17) is 4.74 Å². The Balaban J connectivity index is 3.93. The van der Waals surface area contributed by atoms with Crippen LogP contribution in [0.5, 0.6) is 0 Å². The number of ether oxygens (including phenoxy) is 2. The zero-order valence-electron chi connectivity index (χ0n) is 10.4. The van der Waals surface area contributed by atoms with Crippen molar-refractivity contribution in [3.8, 4) is 0 Å². The molecule has 90 valence electrons. The maximum absolute atomic E-state index is 11.2. The second-order valence-corrected chi connectivity index (χ2v) is 4.14. The van der Waals surface area contributed by atoms with E-state index in [0.29, 0.717) is 19.1 Å². The molecule has 4 heteroatoms. The van der Waals surface area contributed by atoms with Crippen molar-refractivity contribution in [2.24, 2.45) is 11.8 Å². The molecule has 0 aromatic rings. The fraction of sp³-hybridized carbons (Fsp3) is 0.909. The topological polar surface area (TPSA) is 47.6 Å². The van der Waals surface area contributed by atoms with Crippen molar-refractivity contribution in [3.05, 3.63) is 0 Å². The van der Waals surface area contributed by atoms with Crippen molar-refractivity contribution in [3.63, 3.8) is 0 Å². The summed E-state index contributed by atoms with van der Waals surface area (Å²) in [5.74, 6) is 0.185. The summed E-state index contributed by atoms with van der Waals surface area (Å²) < 4.78 is 9.76. The minimum Gasteiger partial charge on any atom is -0.469 e. The molecular formula is C11H23NO3. The molecule has 0 aromatic carbocycles. The molecule has 0 aromatic heterocycles. The first-order valence-corrected chi connectivity index (χ1v) is 5.33. The Labute approximate surface area is 92.3 Å². The molecule has 2 unspecified atom stereocenters. The monoisotopic (exact) mass is 217 g/mol. The number of methoxy groups -OCH3 is 2. The molecule has 0 radical (unpaired) electrons. The highest BCUT2D eigenvalue weighted by Gasteiger charge is 2.17. The highest BCUT2D eigenvalue weighted by molar-refractivity contribution is 5.72. The summed E-state index contributed by atoms with van der Waals surface area (Å²) in [6.45, 7) is 7.38. The van der Waals surface area contributed by atoms with Crippen LogP contribution in [0.15, 0.2) is 0 Å². The van der Waals surface area contributed by atoms with Crippen LogP contribution in [0, 0.1) is 11.8 Å². The molecular weight excluding hydrogens is 194 g/mol. The van der Waals surface area contributed by atoms with Crippen LogP contribution in [0.3, 0.4) is 0 Å². The van der Waals surface area contributed by atoms with Crippen molar-refractivity contribution < 1.29 is 14.3 Å². The van der Waals surface area contributed by atoms with Crippen molar-refractivity contribution >= 4 is 5.97 Å². The Morgan fingerprint density at radius 1 is 1.27 bits per heavy atom. The van der Waals surface area contributed by atoms with Gasteiger partial charge in [-0.05, 0) is 5.92 Å². The SMILES string of the molecule is COCC(NCC(C)C(=O)OC)C(C)C. The summed E-state index contributed by atoms with van der Waals surface area (Å²) in [7, 11) is 3.09. The van der Waals surface area contributed by atoms with E-state index in [1.54, 1.807) is 7.11 Å². The van der Waals surface area contributed by atoms with Gasteiger partial charge in [0.2, 0.25) is 0 Å². The molecule has 0 heterocycles. The Morgan fingerprint density at radius 3 is 2.27 bits per heavy atom. The first kappa shape index (κ1) is 14.4. The highest BCUT2D eigenvalue weighted by atomic mass is 16.5. The van der Waals surface area contributed by atoms with Gasteiger partial charge in [-0.3, -0.25) is 4.79 Å². The average molecular weight is 217 g/mol. The number of rotatable bonds is 7. The third kappa shape index (κ3) is 5.74. The summed E-state index contributed by atoms with van der Waals surface area (Å²) in [6.07, 6.45) is 0. The first-order chi connectivity index (χ1) is 7.02. The predicted molar refractivity (Wildman–Crippen MR) is 59.7 cm³/mol. The number of carbonyl (C=O) groups is 1. The van der Waals surface area contributed by atoms with Gasteiger partial charge in [0, 0.05) is 19.7 Å². The van der Waals surface area contributed by atoms with Crippen LogP contribution in [-0.2, 0) is 14.3 Å². The van der Waals surface area contributed by atoms with Gasteiger partial charge in [0.15, 0.2) is 0 Å². The molecule has 2 atom stereocenters. The van der Waals surface area contributed by atoms with Gasteiger partial charge in [-0.1, -0.05) is 20.8 Å². The van der Waals surface area contributed by atoms with E-state index in [1.807, 2.05) is 6.92 Å². The Bertz CT molecular complexity index is 183. The number of hydrogen-bond acceptors (Lipinski definition) is 4. The zero-order chi connectivity index (χ0) is 11.8. The van der Waals surface area contributed by atoms with Crippen LogP contribution in [0.4, 0.5) is 0 Å². The summed E-state index contributed by atoms with van der Waals surface area (Å²) >= 11 is 0. The van der Waals surface area contributed by atoms with E-state index in [-0.39, 0.29) is 17.9 Å². The van der Waals surface area contributed by atoms with Crippen molar-refractivity contribution in [1.29, 1.82) is 0 Å². The average Bonchev–Trinajstić information content (AvgIpc) is 2.21. The van der Waals surface area contributed by atoms with Gasteiger partial charge < -0.3 is 14.8 Å². The van der Waals surface area contributed by atoms with Crippen LogP contribution in [0.1, 0.15) is 20.8 Å². The van der Waals surface area contributed by atoms with Gasteiger partial charge >= 0.3 is 5.97 Å². The first-order valence-electron chi connectivity index (χ1n) is 5.33. The fourth-order valence-electron chi connectivity index (χ4n) is 1.28. The highest BCUT2D eigenvalue weighted by Crippen LogP contribution is 2.03. The predicted octanol–water partition coefficient (Wildman–Crippen LogP) is 1.06. The third-order valence-corrected chi connectivity index (χ3v) is 2.44. The number of nitrogens with one attached hydrogen (secondary N) is 1. The van der Waals surface area contributed by atoms with E-state index in [9.17, 15) is 4.79 Å². The van der Waals surface area contributed by atoms with Crippen LogP contribution in [-0.4, -0.2) is 39.4 Å². The largest absolute Gasteiger partial charge is 0.469 e. The van der Waals surface area contributed by atoms with Gasteiger partial charge in [-0.25, -0.2) is 0 Å². The van der Waals surface area contributed by atoms with E-state index < -0.39 is 0 Å². The molecule has 0 bridgehead atoms. The van der Waals surface area contributed by atoms with Crippen molar-refractivity contribution in [2.45, 2.75) is 26.8 Å². The van der Waals surface area contributed by atoms with Crippen molar-refractivity contribution in [1.82, 2.24) is 5.32 Å². The van der Waals surface area contributed by atoms with Crippen LogP contribution < -0.4 is 5.32 Å². The number of hydrogen-bond donors (Lipinski definition) is 1. The Kier molecular flexibility index (Phi) is 7.34. The molecule has 0 amide bonds. The zero-order valence-corrected chi connectivity index (χ0v) is 10.4. The summed E-state index contributed by atoms with van der Waals surface area (Å²) in [5.41, 5.74) is 0. The molecule has 0 aliphatic carbocycles. The third-order valence-electron chi connectivity index (χ3n) is 2.44. The second-order valence-electron chi connectivity index (χ2n) is 4.14. The lowest BCUT2D eigenvalue weighted by Gasteiger charge is -2.22. The Morgan fingerprint density at radius 2 is 1.87 bits per heavy atom. The summed E-state index contributed by atoms with van der Waals surface area (Å²) in [4.78, 5) is 11.2. The maximum atomic E-state index is 11.2. The van der Waals surface area contributed by atoms with Crippen molar-refractivity contribution in [2.75, 3.05) is 27.4 Å². The molecule has 0 saturated heterocycles. The van der Waals surface area contributed by atoms with Crippen LogP contribution in [0.25, 0.3) is 0 Å². The minimum absolute atomic E-state index is 0.117. The standard InChI is InChI=1S/C11H23NO3/c1-8(2)10(7-14-4)12-6-9(3)11(13)15-5/h8-10,12H,6-7H2,1-5H3. The van der Waals surface area contributed by atoms with Gasteiger partial charge in [-0.2, -0.15) is 0 Å². The van der Waals surface area contributed by atoms with E-state index in [2.05, 4.69) is 23.9 Å². The molecule has 0 rings (SSSR count). The van der Waals surface area contributed by atoms with Gasteiger partial charge in [-0.15, -0.1) is 0 Å². The van der Waals surface area contributed by atoms with Gasteiger partial charge in [0.25, 0.3) is 0 Å². The van der Waals surface area contributed by atoms with E-state index >= 15 is 0 Å². The number of carbonyl (C=O) groups excluding carboxylic acids is 1. The minimum atomic E-state index is -0.178. The normalized spacial score (nSPS) is 15.1. The van der Waals surface area contributed by atoms with Crippen LogP contribution >= 0.6 is 0 Å².